The Hall–Kier alpha value is -0.0800. The summed E-state index contributed by atoms with van der Waals surface area (Å²) in [6, 6.07) is 0. The summed E-state index contributed by atoms with van der Waals surface area (Å²) < 4.78 is 4.98. The highest BCUT2D eigenvalue weighted by atomic mass is 16.5. The first kappa shape index (κ1) is 10.9. The lowest BCUT2D eigenvalue weighted by molar-refractivity contribution is 0.187. The first-order valence-corrected chi connectivity index (χ1v) is 4.50. The Morgan fingerprint density at radius 2 is 2.18 bits per heavy atom. The van der Waals surface area contributed by atoms with E-state index in [1.54, 1.807) is 7.11 Å². The van der Waals surface area contributed by atoms with Gasteiger partial charge in [0.15, 0.2) is 0 Å². The second-order valence-corrected chi connectivity index (χ2v) is 3.05. The fourth-order valence-corrected chi connectivity index (χ4v) is 1.07. The summed E-state index contributed by atoms with van der Waals surface area (Å²) in [6.45, 7) is 7.53. The summed E-state index contributed by atoms with van der Waals surface area (Å²) in [7, 11) is 1.76. The summed E-state index contributed by atoms with van der Waals surface area (Å²) in [6.07, 6.45) is 2.45. The molecule has 2 heteroatoms. The molecular formula is C9H21NO. The lowest BCUT2D eigenvalue weighted by Crippen LogP contribution is -2.20. The fourth-order valence-electron chi connectivity index (χ4n) is 1.07. The first-order chi connectivity index (χ1) is 5.31. The lowest BCUT2D eigenvalue weighted by atomic mass is 10.1. The molecule has 1 N–H and O–H groups in total. The lowest BCUT2D eigenvalue weighted by Gasteiger charge is -2.10. The van der Waals surface area contributed by atoms with Crippen LogP contribution in [0.25, 0.3) is 0 Å². The van der Waals surface area contributed by atoms with E-state index in [9.17, 15) is 0 Å². The molecule has 0 saturated heterocycles. The molecular weight excluding hydrogens is 138 g/mol. The van der Waals surface area contributed by atoms with Crippen LogP contribution in [0, 0.1) is 5.92 Å². The van der Waals surface area contributed by atoms with E-state index in [0.717, 1.165) is 25.6 Å². The normalized spacial score (nSPS) is 13.4. The molecule has 0 aromatic heterocycles. The van der Waals surface area contributed by atoms with Gasteiger partial charge in [-0.05, 0) is 31.8 Å². The molecule has 0 fully saturated rings. The Balaban J connectivity index is 3.02. The second kappa shape index (κ2) is 8.02. The molecule has 68 valence electrons. The van der Waals surface area contributed by atoms with Gasteiger partial charge in [-0.15, -0.1) is 0 Å². The van der Waals surface area contributed by atoms with Gasteiger partial charge in [0.2, 0.25) is 0 Å². The summed E-state index contributed by atoms with van der Waals surface area (Å²) >= 11 is 0. The van der Waals surface area contributed by atoms with Crippen LogP contribution in [-0.2, 0) is 4.74 Å². The number of methoxy groups -OCH3 is 1. The molecule has 0 rings (SSSR count). The van der Waals surface area contributed by atoms with Crippen LogP contribution in [0.2, 0.25) is 0 Å². The van der Waals surface area contributed by atoms with Crippen molar-refractivity contribution in [2.24, 2.45) is 5.92 Å². The highest BCUT2D eigenvalue weighted by molar-refractivity contribution is 4.55. The predicted molar refractivity (Wildman–Crippen MR) is 48.8 cm³/mol. The van der Waals surface area contributed by atoms with Gasteiger partial charge < -0.3 is 10.1 Å². The van der Waals surface area contributed by atoms with Crippen LogP contribution in [0.3, 0.4) is 0 Å². The molecule has 0 amide bonds. The van der Waals surface area contributed by atoms with Crippen molar-refractivity contribution in [3.63, 3.8) is 0 Å². The largest absolute Gasteiger partial charge is 0.385 e. The van der Waals surface area contributed by atoms with Crippen molar-refractivity contribution >= 4 is 0 Å². The minimum absolute atomic E-state index is 0.782. The maximum absolute atomic E-state index is 4.98. The van der Waals surface area contributed by atoms with E-state index in [1.165, 1.54) is 12.8 Å². The van der Waals surface area contributed by atoms with Crippen LogP contribution in [0.4, 0.5) is 0 Å². The zero-order chi connectivity index (χ0) is 8.53. The standard InChI is InChI=1S/C9H21NO/c1-4-10-8-9(2)6-5-7-11-3/h9-10H,4-8H2,1-3H3. The van der Waals surface area contributed by atoms with Gasteiger partial charge in [0.05, 0.1) is 0 Å². The number of rotatable bonds is 7. The fraction of sp³-hybridized carbons (Fsp3) is 1.00. The third-order valence-corrected chi connectivity index (χ3v) is 1.79. The Morgan fingerprint density at radius 1 is 1.45 bits per heavy atom. The minimum Gasteiger partial charge on any atom is -0.385 e. The summed E-state index contributed by atoms with van der Waals surface area (Å²) in [5.41, 5.74) is 0. The van der Waals surface area contributed by atoms with Crippen molar-refractivity contribution in [2.75, 3.05) is 26.8 Å². The number of hydrogen-bond donors (Lipinski definition) is 1. The summed E-state index contributed by atoms with van der Waals surface area (Å²) in [5, 5.41) is 3.33. The van der Waals surface area contributed by atoms with Crippen LogP contribution in [0.15, 0.2) is 0 Å². The molecule has 0 aliphatic rings. The third kappa shape index (κ3) is 7.82. The molecule has 2 nitrogen and oxygen atoms in total. The van der Waals surface area contributed by atoms with Crippen LogP contribution >= 0.6 is 0 Å². The Morgan fingerprint density at radius 3 is 2.73 bits per heavy atom. The molecule has 0 aromatic carbocycles. The van der Waals surface area contributed by atoms with Gasteiger partial charge in [-0.1, -0.05) is 13.8 Å². The van der Waals surface area contributed by atoms with Gasteiger partial charge in [-0.3, -0.25) is 0 Å². The van der Waals surface area contributed by atoms with Crippen molar-refractivity contribution in [3.05, 3.63) is 0 Å². The Labute approximate surface area is 70.3 Å². The molecule has 1 atom stereocenters. The van der Waals surface area contributed by atoms with E-state index >= 15 is 0 Å². The Kier molecular flexibility index (Phi) is 7.96. The van der Waals surface area contributed by atoms with E-state index in [1.807, 2.05) is 0 Å². The predicted octanol–water partition coefficient (Wildman–Crippen LogP) is 1.66. The molecule has 0 aliphatic heterocycles. The average Bonchev–Trinajstić information content (AvgIpc) is 2.01. The zero-order valence-corrected chi connectivity index (χ0v) is 8.02. The molecule has 11 heavy (non-hydrogen) atoms. The molecule has 0 saturated carbocycles. The van der Waals surface area contributed by atoms with Gasteiger partial charge in [0, 0.05) is 13.7 Å². The molecule has 0 spiro atoms. The van der Waals surface area contributed by atoms with E-state index in [4.69, 9.17) is 4.74 Å². The van der Waals surface area contributed by atoms with Gasteiger partial charge in [0.1, 0.15) is 0 Å². The van der Waals surface area contributed by atoms with Crippen LogP contribution < -0.4 is 5.32 Å². The number of nitrogens with one attached hydrogen (secondary N) is 1. The zero-order valence-electron chi connectivity index (χ0n) is 8.02. The quantitative estimate of drug-likeness (QED) is 0.570. The Bertz CT molecular complexity index is 76.0. The van der Waals surface area contributed by atoms with Crippen LogP contribution in [-0.4, -0.2) is 26.8 Å². The number of ether oxygens (including phenoxy) is 1. The van der Waals surface area contributed by atoms with Gasteiger partial charge >= 0.3 is 0 Å². The van der Waals surface area contributed by atoms with E-state index in [-0.39, 0.29) is 0 Å². The van der Waals surface area contributed by atoms with Gasteiger partial charge in [0.25, 0.3) is 0 Å². The van der Waals surface area contributed by atoms with Crippen LogP contribution in [0.5, 0.6) is 0 Å². The smallest absolute Gasteiger partial charge is 0.0462 e. The topological polar surface area (TPSA) is 21.3 Å². The second-order valence-electron chi connectivity index (χ2n) is 3.05. The van der Waals surface area contributed by atoms with Crippen molar-refractivity contribution in [2.45, 2.75) is 26.7 Å². The SMILES string of the molecule is CCNCC(C)CCCOC. The highest BCUT2D eigenvalue weighted by Gasteiger charge is 1.99. The molecule has 0 aromatic rings. The maximum atomic E-state index is 4.98. The summed E-state index contributed by atoms with van der Waals surface area (Å²) in [4.78, 5) is 0. The van der Waals surface area contributed by atoms with Gasteiger partial charge in [-0.25, -0.2) is 0 Å². The molecule has 0 radical (unpaired) electrons. The molecule has 0 aliphatic carbocycles. The summed E-state index contributed by atoms with van der Waals surface area (Å²) in [5.74, 6) is 0.782. The maximum Gasteiger partial charge on any atom is 0.0462 e. The molecule has 0 heterocycles. The van der Waals surface area contributed by atoms with E-state index < -0.39 is 0 Å². The van der Waals surface area contributed by atoms with E-state index in [2.05, 4.69) is 19.2 Å². The van der Waals surface area contributed by atoms with Crippen molar-refractivity contribution in [3.8, 4) is 0 Å². The highest BCUT2D eigenvalue weighted by Crippen LogP contribution is 2.03. The average molecular weight is 159 g/mol. The van der Waals surface area contributed by atoms with Crippen molar-refractivity contribution in [1.29, 1.82) is 0 Å². The number of hydrogen-bond acceptors (Lipinski definition) is 2. The minimum atomic E-state index is 0.782. The third-order valence-electron chi connectivity index (χ3n) is 1.79. The molecule has 0 bridgehead atoms. The van der Waals surface area contributed by atoms with Crippen LogP contribution in [0.1, 0.15) is 26.7 Å². The van der Waals surface area contributed by atoms with Gasteiger partial charge in [-0.2, -0.15) is 0 Å². The monoisotopic (exact) mass is 159 g/mol. The first-order valence-electron chi connectivity index (χ1n) is 4.50. The molecule has 1 unspecified atom stereocenters. The van der Waals surface area contributed by atoms with E-state index in [0.29, 0.717) is 0 Å². The van der Waals surface area contributed by atoms with Crippen molar-refractivity contribution < 1.29 is 4.74 Å². The van der Waals surface area contributed by atoms with Crippen molar-refractivity contribution in [1.82, 2.24) is 5.32 Å².